The lowest BCUT2D eigenvalue weighted by atomic mass is 9.85. The van der Waals surface area contributed by atoms with E-state index in [4.69, 9.17) is 4.98 Å². The molecular formula is C21H31N5. The summed E-state index contributed by atoms with van der Waals surface area (Å²) in [6.45, 7) is 9.43. The van der Waals surface area contributed by atoms with Crippen LogP contribution in [0.25, 0.3) is 0 Å². The lowest BCUT2D eigenvalue weighted by Gasteiger charge is -2.44. The van der Waals surface area contributed by atoms with Gasteiger partial charge in [0.15, 0.2) is 0 Å². The molecule has 0 fully saturated rings. The first kappa shape index (κ1) is 18.6. The van der Waals surface area contributed by atoms with E-state index in [1.54, 1.807) is 0 Å². The minimum Gasteiger partial charge on any atom is -0.353 e. The molecule has 0 saturated heterocycles. The zero-order valence-corrected chi connectivity index (χ0v) is 16.7. The molecule has 1 aliphatic rings. The maximum atomic E-state index is 4.86. The molecule has 1 aliphatic heterocycles. The largest absolute Gasteiger partial charge is 0.353 e. The van der Waals surface area contributed by atoms with Crippen LogP contribution in [0.3, 0.4) is 0 Å². The second kappa shape index (κ2) is 7.62. The Morgan fingerprint density at radius 1 is 1.15 bits per heavy atom. The smallest absolute Gasteiger partial charge is 0.224 e. The number of rotatable bonds is 6. The summed E-state index contributed by atoms with van der Waals surface area (Å²) in [5, 5.41) is 3.39. The van der Waals surface area contributed by atoms with Gasteiger partial charge in [0, 0.05) is 36.9 Å². The number of hydrogen-bond donors (Lipinski definition) is 1. The van der Waals surface area contributed by atoms with Crippen LogP contribution in [0.4, 0.5) is 11.8 Å². The Morgan fingerprint density at radius 2 is 1.88 bits per heavy atom. The summed E-state index contributed by atoms with van der Waals surface area (Å²) >= 11 is 0. The summed E-state index contributed by atoms with van der Waals surface area (Å²) in [6.07, 6.45) is 1.93. The van der Waals surface area contributed by atoms with Crippen LogP contribution in [0, 0.1) is 0 Å². The number of nitrogens with one attached hydrogen (secondary N) is 1. The van der Waals surface area contributed by atoms with Crippen LogP contribution in [-0.4, -0.2) is 47.6 Å². The van der Waals surface area contributed by atoms with E-state index < -0.39 is 0 Å². The number of benzene rings is 1. The van der Waals surface area contributed by atoms with Gasteiger partial charge in [-0.05, 0) is 51.9 Å². The molecule has 0 radical (unpaired) electrons. The summed E-state index contributed by atoms with van der Waals surface area (Å²) in [7, 11) is 4.15. The summed E-state index contributed by atoms with van der Waals surface area (Å²) in [5.41, 5.74) is 3.94. The van der Waals surface area contributed by atoms with Crippen molar-refractivity contribution in [1.29, 1.82) is 0 Å². The van der Waals surface area contributed by atoms with Crippen molar-refractivity contribution in [3.05, 3.63) is 47.2 Å². The second-order valence-electron chi connectivity index (χ2n) is 7.97. The lowest BCUT2D eigenvalue weighted by molar-refractivity contribution is 0.423. The molecule has 5 nitrogen and oxygen atoms in total. The fourth-order valence-corrected chi connectivity index (χ4v) is 3.49. The molecule has 1 aromatic carbocycles. The van der Waals surface area contributed by atoms with E-state index >= 15 is 0 Å². The van der Waals surface area contributed by atoms with E-state index in [2.05, 4.69) is 85.3 Å². The van der Waals surface area contributed by atoms with Crippen LogP contribution in [-0.2, 0) is 19.4 Å². The Kier molecular flexibility index (Phi) is 5.47. The van der Waals surface area contributed by atoms with Crippen LogP contribution in [0.2, 0.25) is 0 Å². The van der Waals surface area contributed by atoms with E-state index in [0.717, 1.165) is 49.9 Å². The fraction of sp³-hybridized carbons (Fsp3) is 0.524. The Hall–Kier alpha value is -2.14. The third-order valence-electron chi connectivity index (χ3n) is 5.05. The van der Waals surface area contributed by atoms with Gasteiger partial charge in [0.25, 0.3) is 0 Å². The third-order valence-corrected chi connectivity index (χ3v) is 5.05. The monoisotopic (exact) mass is 353 g/mol. The third kappa shape index (κ3) is 4.15. The van der Waals surface area contributed by atoms with Crippen molar-refractivity contribution in [3.8, 4) is 0 Å². The second-order valence-corrected chi connectivity index (χ2v) is 7.97. The average molecular weight is 354 g/mol. The van der Waals surface area contributed by atoms with Crippen LogP contribution < -0.4 is 10.2 Å². The van der Waals surface area contributed by atoms with Gasteiger partial charge in [0.2, 0.25) is 5.95 Å². The molecule has 26 heavy (non-hydrogen) atoms. The van der Waals surface area contributed by atoms with Gasteiger partial charge in [-0.25, -0.2) is 4.98 Å². The SMILES string of the molecule is CCc1cc(N2Cc3ccccc3CC2(C)C)nc(NCCN(C)C)n1. The molecule has 0 bridgehead atoms. The standard InChI is InChI=1S/C21H31N5/c1-6-18-13-19(24-20(23-18)22-11-12-25(4)5)26-15-17-10-8-7-9-16(17)14-21(26,2)3/h7-10,13H,6,11-12,14-15H2,1-5H3,(H,22,23,24). The molecule has 0 saturated carbocycles. The van der Waals surface area contributed by atoms with Crippen LogP contribution >= 0.6 is 0 Å². The van der Waals surface area contributed by atoms with E-state index in [-0.39, 0.29) is 5.54 Å². The van der Waals surface area contributed by atoms with Crippen molar-refractivity contribution >= 4 is 11.8 Å². The number of hydrogen-bond acceptors (Lipinski definition) is 5. The van der Waals surface area contributed by atoms with Gasteiger partial charge in [0.1, 0.15) is 5.82 Å². The normalized spacial score (nSPS) is 15.8. The molecule has 1 aromatic heterocycles. The van der Waals surface area contributed by atoms with Gasteiger partial charge in [-0.15, -0.1) is 0 Å². The maximum Gasteiger partial charge on any atom is 0.224 e. The molecule has 5 heteroatoms. The first-order chi connectivity index (χ1) is 12.4. The molecule has 0 atom stereocenters. The molecule has 0 spiro atoms. The summed E-state index contributed by atoms with van der Waals surface area (Å²) in [6, 6.07) is 10.9. The quantitative estimate of drug-likeness (QED) is 0.863. The zero-order valence-electron chi connectivity index (χ0n) is 16.7. The minimum absolute atomic E-state index is 0.0224. The molecular weight excluding hydrogens is 322 g/mol. The van der Waals surface area contributed by atoms with Crippen molar-refractivity contribution < 1.29 is 0 Å². The number of likely N-dealkylation sites (N-methyl/N-ethyl adjacent to an activating group) is 1. The number of nitrogens with zero attached hydrogens (tertiary/aromatic N) is 4. The zero-order chi connectivity index (χ0) is 18.7. The molecule has 2 aromatic rings. The van der Waals surface area contributed by atoms with Gasteiger partial charge >= 0.3 is 0 Å². The summed E-state index contributed by atoms with van der Waals surface area (Å²) < 4.78 is 0. The van der Waals surface area contributed by atoms with Gasteiger partial charge in [-0.2, -0.15) is 4.98 Å². The Labute approximate surface area is 157 Å². The lowest BCUT2D eigenvalue weighted by Crippen LogP contribution is -2.49. The number of fused-ring (bicyclic) bond motifs is 1. The van der Waals surface area contributed by atoms with Crippen molar-refractivity contribution in [1.82, 2.24) is 14.9 Å². The average Bonchev–Trinajstić information content (AvgIpc) is 2.59. The Bertz CT molecular complexity index is 754. The molecule has 3 rings (SSSR count). The van der Waals surface area contributed by atoms with Crippen LogP contribution in [0.1, 0.15) is 37.6 Å². The number of aromatic nitrogens is 2. The molecule has 0 aliphatic carbocycles. The Morgan fingerprint density at radius 3 is 2.58 bits per heavy atom. The first-order valence-corrected chi connectivity index (χ1v) is 9.50. The van der Waals surface area contributed by atoms with Crippen molar-refractivity contribution in [2.24, 2.45) is 0 Å². The molecule has 140 valence electrons. The highest BCUT2D eigenvalue weighted by atomic mass is 15.3. The molecule has 1 N–H and O–H groups in total. The number of anilines is 2. The van der Waals surface area contributed by atoms with Gasteiger partial charge < -0.3 is 15.1 Å². The van der Waals surface area contributed by atoms with Crippen LogP contribution in [0.5, 0.6) is 0 Å². The molecule has 0 unspecified atom stereocenters. The van der Waals surface area contributed by atoms with E-state index in [1.165, 1.54) is 11.1 Å². The van der Waals surface area contributed by atoms with E-state index in [1.807, 2.05) is 0 Å². The van der Waals surface area contributed by atoms with Crippen molar-refractivity contribution in [2.45, 2.75) is 45.7 Å². The summed E-state index contributed by atoms with van der Waals surface area (Å²) in [5.74, 6) is 1.75. The van der Waals surface area contributed by atoms with Gasteiger partial charge in [-0.3, -0.25) is 0 Å². The highest BCUT2D eigenvalue weighted by molar-refractivity contribution is 5.51. The highest BCUT2D eigenvalue weighted by Gasteiger charge is 2.33. The maximum absolute atomic E-state index is 4.86. The predicted molar refractivity (Wildman–Crippen MR) is 109 cm³/mol. The number of aryl methyl sites for hydroxylation is 1. The van der Waals surface area contributed by atoms with E-state index in [9.17, 15) is 0 Å². The minimum atomic E-state index is 0.0224. The first-order valence-electron chi connectivity index (χ1n) is 9.50. The summed E-state index contributed by atoms with van der Waals surface area (Å²) in [4.78, 5) is 14.1. The van der Waals surface area contributed by atoms with E-state index in [0.29, 0.717) is 0 Å². The predicted octanol–water partition coefficient (Wildman–Crippen LogP) is 3.35. The van der Waals surface area contributed by atoms with Crippen LogP contribution in [0.15, 0.2) is 30.3 Å². The van der Waals surface area contributed by atoms with Gasteiger partial charge in [0.05, 0.1) is 0 Å². The highest BCUT2D eigenvalue weighted by Crippen LogP contribution is 2.34. The topological polar surface area (TPSA) is 44.3 Å². The van der Waals surface area contributed by atoms with Crippen molar-refractivity contribution in [2.75, 3.05) is 37.4 Å². The van der Waals surface area contributed by atoms with Gasteiger partial charge in [-0.1, -0.05) is 31.2 Å². The molecule has 0 amide bonds. The molecule has 2 heterocycles. The Balaban J connectivity index is 1.89. The van der Waals surface area contributed by atoms with Crippen molar-refractivity contribution in [3.63, 3.8) is 0 Å². The fourth-order valence-electron chi connectivity index (χ4n) is 3.49.